The molecule has 0 aromatic heterocycles. The summed E-state index contributed by atoms with van der Waals surface area (Å²) in [6, 6.07) is 5.05. The molecule has 1 aromatic rings. The molecule has 29 heavy (non-hydrogen) atoms. The van der Waals surface area contributed by atoms with Crippen LogP contribution < -0.4 is 0 Å². The van der Waals surface area contributed by atoms with Gasteiger partial charge in [0, 0.05) is 42.0 Å². The lowest BCUT2D eigenvalue weighted by molar-refractivity contribution is -0.384. The molecule has 9 nitrogen and oxygen atoms in total. The van der Waals surface area contributed by atoms with E-state index in [1.165, 1.54) is 40.9 Å². The maximum absolute atomic E-state index is 13.2. The van der Waals surface area contributed by atoms with Crippen LogP contribution in [0.2, 0.25) is 0 Å². The topological polar surface area (TPSA) is 127 Å². The van der Waals surface area contributed by atoms with E-state index in [1.54, 1.807) is 6.26 Å². The van der Waals surface area contributed by atoms with Gasteiger partial charge >= 0.3 is 5.97 Å². The minimum Gasteiger partial charge on any atom is -0.481 e. The molecule has 0 saturated carbocycles. The number of nitrogens with zero attached hydrogens (tertiary/aromatic N) is 2. The second kappa shape index (κ2) is 8.75. The number of non-ortho nitro benzene ring substituents is 1. The largest absolute Gasteiger partial charge is 0.481 e. The predicted molar refractivity (Wildman–Crippen MR) is 105 cm³/mol. The summed E-state index contributed by atoms with van der Waals surface area (Å²) in [6.07, 6.45) is 2.72. The van der Waals surface area contributed by atoms with E-state index in [2.05, 4.69) is 0 Å². The lowest BCUT2D eigenvalue weighted by atomic mass is 9.98. The summed E-state index contributed by atoms with van der Waals surface area (Å²) in [6.45, 7) is 0.894. The Balaban J connectivity index is 1.96. The van der Waals surface area contributed by atoms with E-state index < -0.39 is 34.4 Å². The van der Waals surface area contributed by atoms with Gasteiger partial charge in [-0.05, 0) is 31.2 Å². The lowest BCUT2D eigenvalue weighted by Gasteiger charge is -2.27. The van der Waals surface area contributed by atoms with Gasteiger partial charge in [-0.1, -0.05) is 0 Å². The van der Waals surface area contributed by atoms with Gasteiger partial charge < -0.3 is 14.7 Å². The van der Waals surface area contributed by atoms with Crippen LogP contribution in [0.1, 0.15) is 29.6 Å². The van der Waals surface area contributed by atoms with Crippen LogP contribution in [-0.4, -0.2) is 63.5 Å². The summed E-state index contributed by atoms with van der Waals surface area (Å²) in [5, 5.41) is 19.5. The fourth-order valence-electron chi connectivity index (χ4n) is 3.59. The number of hydrogen-bond donors (Lipinski definition) is 1. The Morgan fingerprint density at radius 1 is 1.34 bits per heavy atom. The number of thioether (sulfide) groups is 1. The highest BCUT2D eigenvalue weighted by Gasteiger charge is 2.43. The normalized spacial score (nSPS) is 21.7. The Labute approximate surface area is 170 Å². The number of carbonyl (C=O) groups is 3. The Bertz CT molecular complexity index is 875. The number of carboxylic acids is 1. The Morgan fingerprint density at radius 2 is 2.03 bits per heavy atom. The number of Topliss-reactive ketones (excluding diaryl/α,β-unsaturated/α-hetero) is 1. The molecule has 154 valence electrons. The first kappa shape index (κ1) is 21.0. The lowest BCUT2D eigenvalue weighted by Crippen LogP contribution is -2.40. The maximum Gasteiger partial charge on any atom is 0.308 e. The Kier molecular flexibility index (Phi) is 6.33. The summed E-state index contributed by atoms with van der Waals surface area (Å²) in [7, 11) is 0. The number of aliphatic carboxylic acids is 1. The number of carbonyl (C=O) groups excluding carboxylic acids is 2. The Hall–Kier alpha value is -2.72. The van der Waals surface area contributed by atoms with E-state index >= 15 is 0 Å². The van der Waals surface area contributed by atoms with Crippen molar-refractivity contribution < 1.29 is 29.2 Å². The number of carboxylic acid groups (broad SMARTS) is 1. The van der Waals surface area contributed by atoms with Crippen molar-refractivity contribution in [3.8, 4) is 0 Å². The minimum atomic E-state index is -1.21. The maximum atomic E-state index is 13.2. The predicted octanol–water partition coefficient (Wildman–Crippen LogP) is 2.26. The van der Waals surface area contributed by atoms with Gasteiger partial charge in [0.05, 0.1) is 17.4 Å². The molecule has 0 aliphatic carbocycles. The van der Waals surface area contributed by atoms with Gasteiger partial charge in [0.1, 0.15) is 5.37 Å². The van der Waals surface area contributed by atoms with Gasteiger partial charge in [-0.25, -0.2) is 0 Å². The van der Waals surface area contributed by atoms with Crippen molar-refractivity contribution in [1.29, 1.82) is 0 Å². The number of nitro benzene ring substituents is 1. The first-order valence-electron chi connectivity index (χ1n) is 9.02. The smallest absolute Gasteiger partial charge is 0.308 e. The van der Waals surface area contributed by atoms with Crippen LogP contribution >= 0.6 is 11.8 Å². The molecule has 3 rings (SSSR count). The molecule has 0 spiro atoms. The summed E-state index contributed by atoms with van der Waals surface area (Å²) >= 11 is 1.27. The molecule has 0 unspecified atom stereocenters. The molecule has 1 saturated heterocycles. The molecule has 1 fully saturated rings. The summed E-state index contributed by atoms with van der Waals surface area (Å²) in [5.74, 6) is -2.19. The third-order valence-electron chi connectivity index (χ3n) is 4.93. The zero-order valence-electron chi connectivity index (χ0n) is 15.7. The Morgan fingerprint density at radius 3 is 2.55 bits per heavy atom. The van der Waals surface area contributed by atoms with Crippen LogP contribution in [0.4, 0.5) is 5.69 Å². The van der Waals surface area contributed by atoms with Crippen molar-refractivity contribution in [2.75, 3.05) is 19.4 Å². The third-order valence-corrected chi connectivity index (χ3v) is 5.87. The second-order valence-corrected chi connectivity index (χ2v) is 7.69. The van der Waals surface area contributed by atoms with E-state index in [0.717, 1.165) is 12.8 Å². The molecular formula is C19H20N2O7S. The second-order valence-electron chi connectivity index (χ2n) is 6.78. The van der Waals surface area contributed by atoms with E-state index in [4.69, 9.17) is 4.74 Å². The zero-order chi connectivity index (χ0) is 21.1. The molecule has 1 N–H and O–H groups in total. The van der Waals surface area contributed by atoms with Crippen molar-refractivity contribution in [3.05, 3.63) is 51.1 Å². The van der Waals surface area contributed by atoms with Crippen molar-refractivity contribution in [2.45, 2.75) is 30.7 Å². The van der Waals surface area contributed by atoms with Gasteiger partial charge in [-0.15, -0.1) is 11.8 Å². The quantitative estimate of drug-likeness (QED) is 0.385. The number of rotatable bonds is 8. The number of hydrogen-bond acceptors (Lipinski definition) is 7. The van der Waals surface area contributed by atoms with Gasteiger partial charge in [0.2, 0.25) is 0 Å². The molecule has 1 amide bonds. The van der Waals surface area contributed by atoms with E-state index in [9.17, 15) is 29.6 Å². The zero-order valence-corrected chi connectivity index (χ0v) is 16.5. The number of nitro groups is 1. The molecule has 0 bridgehead atoms. The average molecular weight is 420 g/mol. The fourth-order valence-corrected chi connectivity index (χ4v) is 4.51. The van der Waals surface area contributed by atoms with Crippen molar-refractivity contribution in [3.63, 3.8) is 0 Å². The summed E-state index contributed by atoms with van der Waals surface area (Å²) in [4.78, 5) is 49.3. The van der Waals surface area contributed by atoms with Crippen molar-refractivity contribution >= 4 is 35.1 Å². The molecule has 2 aliphatic heterocycles. The first-order valence-corrected chi connectivity index (χ1v) is 10.3. The molecule has 10 heteroatoms. The summed E-state index contributed by atoms with van der Waals surface area (Å²) < 4.78 is 5.60. The highest BCUT2D eigenvalue weighted by molar-refractivity contribution is 7.99. The fraction of sp³-hybridized carbons (Fsp3) is 0.421. The van der Waals surface area contributed by atoms with E-state index in [-0.39, 0.29) is 35.0 Å². The number of ketones is 1. The molecule has 0 radical (unpaired) electrons. The molecular weight excluding hydrogens is 400 g/mol. The molecule has 1 aromatic carbocycles. The summed E-state index contributed by atoms with van der Waals surface area (Å²) in [5.41, 5.74) is 0.0828. The van der Waals surface area contributed by atoms with Crippen molar-refractivity contribution in [2.24, 2.45) is 0 Å². The van der Waals surface area contributed by atoms with Crippen LogP contribution in [0.5, 0.6) is 0 Å². The highest BCUT2D eigenvalue weighted by atomic mass is 32.2. The number of benzene rings is 1. The van der Waals surface area contributed by atoms with Gasteiger partial charge in [-0.3, -0.25) is 24.5 Å². The van der Waals surface area contributed by atoms with Crippen LogP contribution in [0.15, 0.2) is 35.4 Å². The first-order chi connectivity index (χ1) is 13.8. The minimum absolute atomic E-state index is 0.0433. The highest BCUT2D eigenvalue weighted by Crippen LogP contribution is 2.37. The van der Waals surface area contributed by atoms with Crippen LogP contribution in [0.3, 0.4) is 0 Å². The molecule has 2 heterocycles. The van der Waals surface area contributed by atoms with E-state index in [0.29, 0.717) is 6.61 Å². The van der Waals surface area contributed by atoms with Gasteiger partial charge in [0.25, 0.3) is 11.6 Å². The van der Waals surface area contributed by atoms with Gasteiger partial charge in [-0.2, -0.15) is 0 Å². The van der Waals surface area contributed by atoms with E-state index in [1.807, 2.05) is 0 Å². The number of ether oxygens (including phenoxy) is 1. The van der Waals surface area contributed by atoms with Crippen LogP contribution in [0.25, 0.3) is 0 Å². The SMILES string of the molecule is CS[C@@H]1C(C(=O)c2ccc([N+](=O)[O-])cc2)=C(CC(=O)O)C(=O)N1C[C@H]1CCCO1. The number of amides is 1. The monoisotopic (exact) mass is 420 g/mol. The third kappa shape index (κ3) is 4.33. The van der Waals surface area contributed by atoms with Crippen LogP contribution in [0, 0.1) is 10.1 Å². The van der Waals surface area contributed by atoms with Crippen LogP contribution in [-0.2, 0) is 14.3 Å². The van der Waals surface area contributed by atoms with Crippen molar-refractivity contribution in [1.82, 2.24) is 4.90 Å². The standard InChI is InChI=1S/C19H20N2O7S/c1-29-19-16(17(24)11-4-6-12(7-5-11)21(26)27)14(9-15(22)23)18(25)20(19)10-13-3-2-8-28-13/h4-7,13,19H,2-3,8-10H2,1H3,(H,22,23)/t13-,19-/m1/s1. The molecule has 2 aliphatic rings. The molecule has 2 atom stereocenters. The average Bonchev–Trinajstić information content (AvgIpc) is 3.29. The van der Waals surface area contributed by atoms with Gasteiger partial charge in [0.15, 0.2) is 5.78 Å².